The summed E-state index contributed by atoms with van der Waals surface area (Å²) in [6, 6.07) is 8.63. The minimum atomic E-state index is 0.217. The number of morpholine rings is 1. The summed E-state index contributed by atoms with van der Waals surface area (Å²) in [5.41, 5.74) is 7.05. The highest BCUT2D eigenvalue weighted by molar-refractivity contribution is 6.10. The van der Waals surface area contributed by atoms with Gasteiger partial charge < -0.3 is 20.3 Å². The summed E-state index contributed by atoms with van der Waals surface area (Å²) in [4.78, 5) is 7.01. The van der Waals surface area contributed by atoms with Gasteiger partial charge in [0.2, 0.25) is 0 Å². The van der Waals surface area contributed by atoms with Gasteiger partial charge in [-0.25, -0.2) is 0 Å². The highest BCUT2D eigenvalue weighted by Gasteiger charge is 2.28. The van der Waals surface area contributed by atoms with Gasteiger partial charge in [-0.3, -0.25) is 4.99 Å². The van der Waals surface area contributed by atoms with Crippen molar-refractivity contribution >= 4 is 17.1 Å². The molecule has 5 nitrogen and oxygen atoms in total. The van der Waals surface area contributed by atoms with E-state index in [1.54, 1.807) is 0 Å². The van der Waals surface area contributed by atoms with E-state index < -0.39 is 0 Å². The third-order valence-corrected chi connectivity index (χ3v) is 5.50. The molecular formula is C23H24N4O. The lowest BCUT2D eigenvalue weighted by Crippen LogP contribution is -2.36. The van der Waals surface area contributed by atoms with Crippen molar-refractivity contribution in [3.05, 3.63) is 83.9 Å². The van der Waals surface area contributed by atoms with Crippen LogP contribution in [0, 0.1) is 5.92 Å². The standard InChI is InChI=1S/C23H24N4O/c1-3-19(27-13-15-28-16-14-27)4-2-18(1)26-22-6-5-20(17-7-10-24-11-8-17)21-9-12-25-23(21)22/h1-10,12,21,24,26H,11,13-16H2. The Morgan fingerprint density at radius 3 is 2.75 bits per heavy atom. The smallest absolute Gasteiger partial charge is 0.0751 e. The van der Waals surface area contributed by atoms with Crippen LogP contribution in [0.3, 0.4) is 0 Å². The largest absolute Gasteiger partial charge is 0.387 e. The van der Waals surface area contributed by atoms with Crippen molar-refractivity contribution < 1.29 is 4.74 Å². The highest BCUT2D eigenvalue weighted by atomic mass is 16.5. The van der Waals surface area contributed by atoms with E-state index in [2.05, 4.69) is 75.2 Å². The van der Waals surface area contributed by atoms with Crippen LogP contribution in [-0.2, 0) is 4.74 Å². The average Bonchev–Trinajstić information content (AvgIpc) is 3.26. The Bertz CT molecular complexity index is 928. The lowest BCUT2D eigenvalue weighted by atomic mass is 9.83. The van der Waals surface area contributed by atoms with Crippen LogP contribution in [0.2, 0.25) is 0 Å². The summed E-state index contributed by atoms with van der Waals surface area (Å²) in [7, 11) is 0. The first-order valence-corrected chi connectivity index (χ1v) is 9.85. The Kier molecular flexibility index (Phi) is 4.59. The SMILES string of the molecule is C1=CC2C(C3=CCNC=C3)=CC=C(Nc3ccc(N4CCOCC4)cc3)C2=N1. The second-order valence-corrected chi connectivity index (χ2v) is 7.21. The molecule has 1 aromatic rings. The van der Waals surface area contributed by atoms with Gasteiger partial charge in [-0.05, 0) is 53.8 Å². The number of aliphatic imine (C=N–C) groups is 1. The van der Waals surface area contributed by atoms with Crippen molar-refractivity contribution in [2.45, 2.75) is 0 Å². The van der Waals surface area contributed by atoms with Crippen LogP contribution >= 0.6 is 0 Å². The van der Waals surface area contributed by atoms with Crippen LogP contribution in [0.4, 0.5) is 11.4 Å². The molecule has 1 saturated heterocycles. The first kappa shape index (κ1) is 17.1. The van der Waals surface area contributed by atoms with E-state index in [0.717, 1.165) is 49.9 Å². The Hall–Kier alpha value is -3.05. The van der Waals surface area contributed by atoms with Gasteiger partial charge >= 0.3 is 0 Å². The quantitative estimate of drug-likeness (QED) is 0.851. The van der Waals surface area contributed by atoms with Gasteiger partial charge in [0.15, 0.2) is 0 Å². The van der Waals surface area contributed by atoms with E-state index in [-0.39, 0.29) is 5.92 Å². The molecule has 0 aromatic heterocycles. The zero-order chi connectivity index (χ0) is 18.8. The van der Waals surface area contributed by atoms with Gasteiger partial charge in [0.25, 0.3) is 0 Å². The Morgan fingerprint density at radius 1 is 1.11 bits per heavy atom. The zero-order valence-electron chi connectivity index (χ0n) is 15.8. The van der Waals surface area contributed by atoms with Crippen LogP contribution < -0.4 is 15.5 Å². The molecule has 142 valence electrons. The molecule has 0 radical (unpaired) electrons. The Balaban J connectivity index is 1.35. The predicted octanol–water partition coefficient (Wildman–Crippen LogP) is 3.39. The third-order valence-electron chi connectivity index (χ3n) is 5.50. The maximum Gasteiger partial charge on any atom is 0.0751 e. The molecule has 3 heterocycles. The Morgan fingerprint density at radius 2 is 1.96 bits per heavy atom. The molecule has 1 aromatic carbocycles. The van der Waals surface area contributed by atoms with Crippen molar-refractivity contribution in [2.24, 2.45) is 10.9 Å². The molecule has 1 aliphatic carbocycles. The summed E-state index contributed by atoms with van der Waals surface area (Å²) in [6.45, 7) is 4.39. The second-order valence-electron chi connectivity index (χ2n) is 7.21. The molecule has 5 rings (SSSR count). The molecular weight excluding hydrogens is 348 g/mol. The number of hydrogen-bond donors (Lipinski definition) is 2. The number of fused-ring (bicyclic) bond motifs is 1. The summed E-state index contributed by atoms with van der Waals surface area (Å²) in [5.74, 6) is 0.217. The third kappa shape index (κ3) is 3.29. The number of hydrogen-bond acceptors (Lipinski definition) is 5. The van der Waals surface area contributed by atoms with Gasteiger partial charge in [-0.2, -0.15) is 0 Å². The first-order chi connectivity index (χ1) is 13.9. The molecule has 4 aliphatic rings. The first-order valence-electron chi connectivity index (χ1n) is 9.85. The number of anilines is 2. The molecule has 0 spiro atoms. The molecule has 1 unspecified atom stereocenters. The number of allylic oxidation sites excluding steroid dienone is 7. The van der Waals surface area contributed by atoms with Crippen molar-refractivity contribution in [3.63, 3.8) is 0 Å². The fourth-order valence-electron chi connectivity index (χ4n) is 4.01. The molecule has 2 N–H and O–H groups in total. The summed E-state index contributed by atoms with van der Waals surface area (Å²) >= 11 is 0. The fourth-order valence-corrected chi connectivity index (χ4v) is 4.01. The average molecular weight is 372 g/mol. The number of nitrogens with zero attached hydrogens (tertiary/aromatic N) is 2. The molecule has 0 amide bonds. The van der Waals surface area contributed by atoms with Crippen LogP contribution in [0.15, 0.2) is 88.9 Å². The van der Waals surface area contributed by atoms with Crippen LogP contribution in [0.1, 0.15) is 0 Å². The predicted molar refractivity (Wildman–Crippen MR) is 115 cm³/mol. The van der Waals surface area contributed by atoms with E-state index in [4.69, 9.17) is 4.74 Å². The fraction of sp³-hybridized carbons (Fsp3) is 0.261. The van der Waals surface area contributed by atoms with Crippen molar-refractivity contribution in [1.82, 2.24) is 5.32 Å². The molecule has 0 bridgehead atoms. The van der Waals surface area contributed by atoms with Gasteiger partial charge in [0.1, 0.15) is 0 Å². The maximum absolute atomic E-state index is 5.44. The van der Waals surface area contributed by atoms with Gasteiger partial charge in [-0.15, -0.1) is 0 Å². The minimum Gasteiger partial charge on any atom is -0.387 e. The number of nitrogens with one attached hydrogen (secondary N) is 2. The van der Waals surface area contributed by atoms with Gasteiger partial charge in [-0.1, -0.05) is 18.2 Å². The molecule has 3 aliphatic heterocycles. The molecule has 5 heteroatoms. The van der Waals surface area contributed by atoms with E-state index >= 15 is 0 Å². The van der Waals surface area contributed by atoms with E-state index in [0.29, 0.717) is 0 Å². The van der Waals surface area contributed by atoms with E-state index in [1.807, 2.05) is 12.4 Å². The Labute approximate surface area is 165 Å². The summed E-state index contributed by atoms with van der Waals surface area (Å²) in [5, 5.41) is 6.77. The number of benzene rings is 1. The second kappa shape index (κ2) is 7.52. The van der Waals surface area contributed by atoms with E-state index in [9.17, 15) is 0 Å². The van der Waals surface area contributed by atoms with Crippen LogP contribution in [-0.4, -0.2) is 38.6 Å². The van der Waals surface area contributed by atoms with Gasteiger partial charge in [0.05, 0.1) is 24.6 Å². The van der Waals surface area contributed by atoms with Crippen LogP contribution in [0.5, 0.6) is 0 Å². The number of ether oxygens (including phenoxy) is 1. The zero-order valence-corrected chi connectivity index (χ0v) is 15.8. The lowest BCUT2D eigenvalue weighted by Gasteiger charge is -2.29. The lowest BCUT2D eigenvalue weighted by molar-refractivity contribution is 0.122. The normalized spacial score (nSPS) is 23.3. The summed E-state index contributed by atoms with van der Waals surface area (Å²) < 4.78 is 5.44. The van der Waals surface area contributed by atoms with Crippen molar-refractivity contribution in [3.8, 4) is 0 Å². The number of rotatable bonds is 4. The topological polar surface area (TPSA) is 48.9 Å². The molecule has 1 atom stereocenters. The highest BCUT2D eigenvalue weighted by Crippen LogP contribution is 2.34. The molecule has 0 saturated carbocycles. The van der Waals surface area contributed by atoms with Crippen molar-refractivity contribution in [2.75, 3.05) is 43.1 Å². The van der Waals surface area contributed by atoms with Crippen LogP contribution in [0.25, 0.3) is 0 Å². The molecule has 1 fully saturated rings. The van der Waals surface area contributed by atoms with Gasteiger partial charge in [0, 0.05) is 43.1 Å². The van der Waals surface area contributed by atoms with E-state index in [1.165, 1.54) is 16.8 Å². The number of dihydropyridines is 1. The monoisotopic (exact) mass is 372 g/mol. The maximum atomic E-state index is 5.44. The summed E-state index contributed by atoms with van der Waals surface area (Å²) in [6.07, 6.45) is 14.8. The minimum absolute atomic E-state index is 0.217. The van der Waals surface area contributed by atoms with Crippen molar-refractivity contribution in [1.29, 1.82) is 0 Å². The molecule has 28 heavy (non-hydrogen) atoms.